The predicted molar refractivity (Wildman–Crippen MR) is 81.8 cm³/mol. The SMILES string of the molecule is CCOc1ccc(OC(C)(C)C(=O)N2CCNCC2)cc1. The second-order valence-corrected chi connectivity index (χ2v) is 5.56. The lowest BCUT2D eigenvalue weighted by Gasteiger charge is -2.34. The fraction of sp³-hybridized carbons (Fsp3) is 0.562. The maximum Gasteiger partial charge on any atom is 0.266 e. The Labute approximate surface area is 126 Å². The van der Waals surface area contributed by atoms with Crippen LogP contribution >= 0.6 is 0 Å². The van der Waals surface area contributed by atoms with Crippen LogP contribution in [0.2, 0.25) is 0 Å². The highest BCUT2D eigenvalue weighted by atomic mass is 16.5. The van der Waals surface area contributed by atoms with Crippen molar-refractivity contribution < 1.29 is 14.3 Å². The summed E-state index contributed by atoms with van der Waals surface area (Å²) in [6.07, 6.45) is 0. The molecule has 21 heavy (non-hydrogen) atoms. The number of benzene rings is 1. The number of hydrogen-bond acceptors (Lipinski definition) is 4. The first kappa shape index (κ1) is 15.6. The minimum atomic E-state index is -0.871. The van der Waals surface area contributed by atoms with Crippen LogP contribution in [-0.4, -0.2) is 49.2 Å². The summed E-state index contributed by atoms with van der Waals surface area (Å²) in [5, 5.41) is 3.24. The van der Waals surface area contributed by atoms with Crippen molar-refractivity contribution in [2.45, 2.75) is 26.4 Å². The van der Waals surface area contributed by atoms with Crippen LogP contribution in [0.25, 0.3) is 0 Å². The number of nitrogens with zero attached hydrogens (tertiary/aromatic N) is 1. The average molecular weight is 292 g/mol. The third kappa shape index (κ3) is 4.11. The molecule has 0 unspecified atom stereocenters. The van der Waals surface area contributed by atoms with Crippen molar-refractivity contribution in [3.63, 3.8) is 0 Å². The van der Waals surface area contributed by atoms with Gasteiger partial charge in [-0.1, -0.05) is 0 Å². The molecule has 1 N–H and O–H groups in total. The largest absolute Gasteiger partial charge is 0.494 e. The topological polar surface area (TPSA) is 50.8 Å². The van der Waals surface area contributed by atoms with Gasteiger partial charge in [0.1, 0.15) is 11.5 Å². The van der Waals surface area contributed by atoms with E-state index in [2.05, 4.69) is 5.32 Å². The second-order valence-electron chi connectivity index (χ2n) is 5.56. The van der Waals surface area contributed by atoms with Crippen LogP contribution in [0.5, 0.6) is 11.5 Å². The highest BCUT2D eigenvalue weighted by Gasteiger charge is 2.34. The van der Waals surface area contributed by atoms with Crippen LogP contribution < -0.4 is 14.8 Å². The Morgan fingerprint density at radius 2 is 1.76 bits per heavy atom. The molecule has 0 aliphatic carbocycles. The summed E-state index contributed by atoms with van der Waals surface area (Å²) in [5.74, 6) is 1.50. The smallest absolute Gasteiger partial charge is 0.266 e. The van der Waals surface area contributed by atoms with Gasteiger partial charge in [-0.05, 0) is 45.0 Å². The maximum atomic E-state index is 12.5. The maximum absolute atomic E-state index is 12.5. The highest BCUT2D eigenvalue weighted by Crippen LogP contribution is 2.23. The summed E-state index contributed by atoms with van der Waals surface area (Å²) < 4.78 is 11.3. The van der Waals surface area contributed by atoms with Crippen LogP contribution in [0.4, 0.5) is 0 Å². The van der Waals surface area contributed by atoms with Crippen molar-refractivity contribution in [1.29, 1.82) is 0 Å². The van der Waals surface area contributed by atoms with Crippen molar-refractivity contribution in [3.8, 4) is 11.5 Å². The van der Waals surface area contributed by atoms with Crippen LogP contribution in [0.1, 0.15) is 20.8 Å². The van der Waals surface area contributed by atoms with Crippen LogP contribution in [0, 0.1) is 0 Å². The zero-order chi connectivity index (χ0) is 15.3. The summed E-state index contributed by atoms with van der Waals surface area (Å²) in [4.78, 5) is 14.4. The predicted octanol–water partition coefficient (Wildman–Crippen LogP) is 1.67. The van der Waals surface area contributed by atoms with Gasteiger partial charge in [0.05, 0.1) is 6.61 Å². The molecule has 0 bridgehead atoms. The van der Waals surface area contributed by atoms with Crippen LogP contribution in [-0.2, 0) is 4.79 Å². The molecule has 5 heteroatoms. The molecule has 1 aliphatic heterocycles. The molecule has 1 saturated heterocycles. The first-order valence-electron chi connectivity index (χ1n) is 7.45. The van der Waals surface area contributed by atoms with E-state index in [1.54, 1.807) is 0 Å². The van der Waals surface area contributed by atoms with E-state index in [4.69, 9.17) is 9.47 Å². The Kier molecular flexibility index (Phi) is 5.07. The molecule has 1 heterocycles. The zero-order valence-corrected chi connectivity index (χ0v) is 13.0. The number of carbonyl (C=O) groups is 1. The van der Waals surface area contributed by atoms with Gasteiger partial charge in [-0.25, -0.2) is 0 Å². The summed E-state index contributed by atoms with van der Waals surface area (Å²) in [5.41, 5.74) is -0.871. The molecule has 1 fully saturated rings. The molecule has 5 nitrogen and oxygen atoms in total. The number of amides is 1. The number of hydrogen-bond donors (Lipinski definition) is 1. The number of ether oxygens (including phenoxy) is 2. The van der Waals surface area contributed by atoms with E-state index in [1.165, 1.54) is 0 Å². The second kappa shape index (κ2) is 6.80. The molecule has 0 atom stereocenters. The van der Waals surface area contributed by atoms with Gasteiger partial charge in [0.25, 0.3) is 5.91 Å². The number of rotatable bonds is 5. The van der Waals surface area contributed by atoms with Gasteiger partial charge >= 0.3 is 0 Å². The van der Waals surface area contributed by atoms with E-state index in [9.17, 15) is 4.79 Å². The third-order valence-corrected chi connectivity index (χ3v) is 3.43. The molecule has 1 amide bonds. The van der Waals surface area contributed by atoms with Crippen molar-refractivity contribution in [3.05, 3.63) is 24.3 Å². The molecular formula is C16H24N2O3. The number of nitrogens with one attached hydrogen (secondary N) is 1. The Balaban J connectivity index is 2.00. The lowest BCUT2D eigenvalue weighted by atomic mass is 10.1. The Morgan fingerprint density at radius 3 is 2.33 bits per heavy atom. The minimum absolute atomic E-state index is 0.0258. The standard InChI is InChI=1S/C16H24N2O3/c1-4-20-13-5-7-14(8-6-13)21-16(2,3)15(19)18-11-9-17-10-12-18/h5-8,17H,4,9-12H2,1-3H3. The van der Waals surface area contributed by atoms with E-state index >= 15 is 0 Å². The van der Waals surface area contributed by atoms with Crippen LogP contribution in [0.15, 0.2) is 24.3 Å². The first-order chi connectivity index (χ1) is 10.0. The normalized spacial score (nSPS) is 15.7. The van der Waals surface area contributed by atoms with Crippen LogP contribution in [0.3, 0.4) is 0 Å². The fourth-order valence-electron chi connectivity index (χ4n) is 2.36. The molecule has 0 saturated carbocycles. The zero-order valence-electron chi connectivity index (χ0n) is 13.0. The van der Waals surface area contributed by atoms with Gasteiger partial charge in [0.15, 0.2) is 5.60 Å². The molecular weight excluding hydrogens is 268 g/mol. The molecule has 1 aromatic rings. The lowest BCUT2D eigenvalue weighted by molar-refractivity contribution is -0.146. The van der Waals surface area contributed by atoms with Gasteiger partial charge in [0, 0.05) is 26.2 Å². The fourth-order valence-corrected chi connectivity index (χ4v) is 2.36. The van der Waals surface area contributed by atoms with Gasteiger partial charge in [-0.15, -0.1) is 0 Å². The number of piperazine rings is 1. The lowest BCUT2D eigenvalue weighted by Crippen LogP contribution is -2.54. The van der Waals surface area contributed by atoms with Gasteiger partial charge in [0.2, 0.25) is 0 Å². The summed E-state index contributed by atoms with van der Waals surface area (Å²) in [7, 11) is 0. The minimum Gasteiger partial charge on any atom is -0.494 e. The van der Waals surface area contributed by atoms with E-state index in [0.29, 0.717) is 12.4 Å². The Hall–Kier alpha value is -1.75. The van der Waals surface area contributed by atoms with E-state index < -0.39 is 5.60 Å². The molecule has 0 radical (unpaired) electrons. The third-order valence-electron chi connectivity index (χ3n) is 3.43. The van der Waals surface area contributed by atoms with Gasteiger partial charge < -0.3 is 19.7 Å². The van der Waals surface area contributed by atoms with Crippen molar-refractivity contribution in [2.75, 3.05) is 32.8 Å². The first-order valence-corrected chi connectivity index (χ1v) is 7.45. The molecule has 1 aliphatic rings. The molecule has 1 aromatic carbocycles. The highest BCUT2D eigenvalue weighted by molar-refractivity contribution is 5.85. The monoisotopic (exact) mass is 292 g/mol. The van der Waals surface area contributed by atoms with Gasteiger partial charge in [-0.3, -0.25) is 4.79 Å². The van der Waals surface area contributed by atoms with Gasteiger partial charge in [-0.2, -0.15) is 0 Å². The number of carbonyl (C=O) groups excluding carboxylic acids is 1. The Morgan fingerprint density at radius 1 is 1.19 bits per heavy atom. The quantitative estimate of drug-likeness (QED) is 0.897. The summed E-state index contributed by atoms with van der Waals surface area (Å²) in [6, 6.07) is 7.37. The summed E-state index contributed by atoms with van der Waals surface area (Å²) >= 11 is 0. The van der Waals surface area contributed by atoms with E-state index in [-0.39, 0.29) is 5.91 Å². The molecule has 0 aromatic heterocycles. The van der Waals surface area contributed by atoms with Crippen molar-refractivity contribution in [2.24, 2.45) is 0 Å². The summed E-state index contributed by atoms with van der Waals surface area (Å²) in [6.45, 7) is 9.34. The molecule has 0 spiro atoms. The molecule has 2 rings (SSSR count). The Bertz CT molecular complexity index is 465. The van der Waals surface area contributed by atoms with Crippen molar-refractivity contribution in [1.82, 2.24) is 10.2 Å². The molecule has 116 valence electrons. The van der Waals surface area contributed by atoms with Crippen molar-refractivity contribution >= 4 is 5.91 Å². The average Bonchev–Trinajstić information content (AvgIpc) is 2.49. The van der Waals surface area contributed by atoms with E-state index in [0.717, 1.165) is 31.9 Å². The van der Waals surface area contributed by atoms with E-state index in [1.807, 2.05) is 49.9 Å².